The van der Waals surface area contributed by atoms with Crippen molar-refractivity contribution in [3.05, 3.63) is 11.7 Å². The number of likely N-dealkylation sites (N-methyl/N-ethyl adjacent to an activating group) is 1. The molecule has 19 heavy (non-hydrogen) atoms. The number of nitrogens with zero attached hydrogens (tertiary/aromatic N) is 3. The molecule has 0 aromatic carbocycles. The summed E-state index contributed by atoms with van der Waals surface area (Å²) in [6, 6.07) is 0.612. The molecule has 1 N–H and O–H groups in total. The van der Waals surface area contributed by atoms with E-state index in [4.69, 9.17) is 4.52 Å². The molecule has 0 bridgehead atoms. The van der Waals surface area contributed by atoms with Crippen LogP contribution < -0.4 is 5.32 Å². The van der Waals surface area contributed by atoms with E-state index in [1.54, 1.807) is 0 Å². The number of hydrogen-bond donors (Lipinski definition) is 1. The fraction of sp³-hybridized carbons (Fsp3) is 0.857. The van der Waals surface area contributed by atoms with Crippen LogP contribution in [0.15, 0.2) is 4.52 Å². The summed E-state index contributed by atoms with van der Waals surface area (Å²) in [6.45, 7) is 5.12. The highest BCUT2D eigenvalue weighted by atomic mass is 16.5. The van der Waals surface area contributed by atoms with Gasteiger partial charge in [-0.2, -0.15) is 4.98 Å². The minimum Gasteiger partial charge on any atom is -0.338 e. The van der Waals surface area contributed by atoms with E-state index in [9.17, 15) is 0 Å². The Morgan fingerprint density at radius 2 is 2.32 bits per heavy atom. The molecule has 108 valence electrons. The molecule has 1 atom stereocenters. The van der Waals surface area contributed by atoms with Gasteiger partial charge < -0.3 is 9.84 Å². The van der Waals surface area contributed by atoms with Crippen LogP contribution in [0.25, 0.3) is 0 Å². The van der Waals surface area contributed by atoms with E-state index in [1.807, 2.05) is 0 Å². The predicted octanol–water partition coefficient (Wildman–Crippen LogP) is 1.99. The molecule has 1 aromatic rings. The van der Waals surface area contributed by atoms with Gasteiger partial charge in [0.2, 0.25) is 5.89 Å². The van der Waals surface area contributed by atoms with Gasteiger partial charge in [-0.05, 0) is 32.9 Å². The molecule has 0 aliphatic carbocycles. The molecule has 0 radical (unpaired) electrons. The lowest BCUT2D eigenvalue weighted by molar-refractivity contribution is 0.227. The molecule has 2 rings (SSSR count). The van der Waals surface area contributed by atoms with Crippen molar-refractivity contribution < 1.29 is 4.52 Å². The van der Waals surface area contributed by atoms with E-state index in [0.29, 0.717) is 6.04 Å². The SMILES string of the molecule is CCCCc1noc(CN(C)CC2CCCCN2)n1. The van der Waals surface area contributed by atoms with Crippen LogP contribution in [0.1, 0.15) is 50.7 Å². The van der Waals surface area contributed by atoms with Crippen LogP contribution in [0.2, 0.25) is 0 Å². The monoisotopic (exact) mass is 266 g/mol. The first-order valence-corrected chi connectivity index (χ1v) is 7.51. The van der Waals surface area contributed by atoms with Gasteiger partial charge in [0.25, 0.3) is 0 Å². The van der Waals surface area contributed by atoms with Gasteiger partial charge >= 0.3 is 0 Å². The van der Waals surface area contributed by atoms with E-state index in [2.05, 4.69) is 34.3 Å². The number of nitrogens with one attached hydrogen (secondary N) is 1. The van der Waals surface area contributed by atoms with Crippen molar-refractivity contribution >= 4 is 0 Å². The second kappa shape index (κ2) is 7.60. The molecule has 0 saturated carbocycles. The minimum atomic E-state index is 0.612. The van der Waals surface area contributed by atoms with Gasteiger partial charge in [0.05, 0.1) is 6.54 Å². The van der Waals surface area contributed by atoms with Gasteiger partial charge in [0.1, 0.15) is 0 Å². The summed E-state index contributed by atoms with van der Waals surface area (Å²) in [5.41, 5.74) is 0. The van der Waals surface area contributed by atoms with Gasteiger partial charge in [-0.25, -0.2) is 0 Å². The molecular formula is C14H26N4O. The smallest absolute Gasteiger partial charge is 0.240 e. The van der Waals surface area contributed by atoms with Gasteiger partial charge in [-0.3, -0.25) is 4.90 Å². The van der Waals surface area contributed by atoms with Gasteiger partial charge in [-0.1, -0.05) is 24.9 Å². The highest BCUT2D eigenvalue weighted by molar-refractivity contribution is 4.87. The third kappa shape index (κ3) is 4.91. The van der Waals surface area contributed by atoms with Crippen LogP contribution in [0.4, 0.5) is 0 Å². The Kier molecular flexibility index (Phi) is 5.79. The molecule has 1 aliphatic rings. The number of rotatable bonds is 7. The van der Waals surface area contributed by atoms with Gasteiger partial charge in [0, 0.05) is 19.0 Å². The second-order valence-electron chi connectivity index (χ2n) is 5.55. The number of hydrogen-bond acceptors (Lipinski definition) is 5. The first-order valence-electron chi connectivity index (χ1n) is 7.51. The van der Waals surface area contributed by atoms with Crippen LogP contribution in [0.3, 0.4) is 0 Å². The lowest BCUT2D eigenvalue weighted by Gasteiger charge is -2.27. The molecule has 0 spiro atoms. The van der Waals surface area contributed by atoms with Crippen molar-refractivity contribution in [3.8, 4) is 0 Å². The Balaban J connectivity index is 1.74. The lowest BCUT2D eigenvalue weighted by Crippen LogP contribution is -2.42. The molecule has 1 aliphatic heterocycles. The number of piperidine rings is 1. The summed E-state index contributed by atoms with van der Waals surface area (Å²) in [6.07, 6.45) is 7.14. The summed E-state index contributed by atoms with van der Waals surface area (Å²) in [4.78, 5) is 6.70. The number of aryl methyl sites for hydroxylation is 1. The quantitative estimate of drug-likeness (QED) is 0.818. The highest BCUT2D eigenvalue weighted by Crippen LogP contribution is 2.10. The summed E-state index contributed by atoms with van der Waals surface area (Å²) < 4.78 is 5.30. The van der Waals surface area contributed by atoms with Crippen LogP contribution in [0.5, 0.6) is 0 Å². The van der Waals surface area contributed by atoms with E-state index >= 15 is 0 Å². The zero-order valence-electron chi connectivity index (χ0n) is 12.2. The molecule has 5 nitrogen and oxygen atoms in total. The topological polar surface area (TPSA) is 54.2 Å². The number of aromatic nitrogens is 2. The van der Waals surface area contributed by atoms with E-state index in [1.165, 1.54) is 19.3 Å². The average molecular weight is 266 g/mol. The molecule has 1 saturated heterocycles. The van der Waals surface area contributed by atoms with Crippen molar-refractivity contribution in [1.82, 2.24) is 20.4 Å². The number of unbranched alkanes of at least 4 members (excludes halogenated alkanes) is 1. The average Bonchev–Trinajstić information content (AvgIpc) is 2.85. The van der Waals surface area contributed by atoms with Gasteiger partial charge in [0.15, 0.2) is 5.82 Å². The molecule has 2 heterocycles. The van der Waals surface area contributed by atoms with Crippen LogP contribution in [-0.4, -0.2) is 41.2 Å². The molecule has 1 fully saturated rings. The Hall–Kier alpha value is -0.940. The van der Waals surface area contributed by atoms with E-state index < -0.39 is 0 Å². The zero-order valence-corrected chi connectivity index (χ0v) is 12.2. The lowest BCUT2D eigenvalue weighted by atomic mass is 10.0. The Morgan fingerprint density at radius 3 is 3.05 bits per heavy atom. The van der Waals surface area contributed by atoms with Crippen LogP contribution >= 0.6 is 0 Å². The zero-order chi connectivity index (χ0) is 13.5. The van der Waals surface area contributed by atoms with E-state index in [0.717, 1.165) is 50.6 Å². The third-order valence-corrected chi connectivity index (χ3v) is 3.61. The molecule has 0 amide bonds. The Morgan fingerprint density at radius 1 is 1.42 bits per heavy atom. The van der Waals surface area contributed by atoms with Crippen molar-refractivity contribution in [2.45, 2.75) is 58.0 Å². The molecular weight excluding hydrogens is 240 g/mol. The van der Waals surface area contributed by atoms with Crippen LogP contribution in [0, 0.1) is 0 Å². The molecule has 5 heteroatoms. The van der Waals surface area contributed by atoms with Crippen molar-refractivity contribution in [2.75, 3.05) is 20.1 Å². The standard InChI is InChI=1S/C14H26N4O/c1-3-4-8-13-16-14(19-17-13)11-18(2)10-12-7-5-6-9-15-12/h12,15H,3-11H2,1-2H3. The second-order valence-corrected chi connectivity index (χ2v) is 5.55. The fourth-order valence-corrected chi connectivity index (χ4v) is 2.54. The Labute approximate surface area is 115 Å². The van der Waals surface area contributed by atoms with Crippen molar-refractivity contribution in [3.63, 3.8) is 0 Å². The maximum Gasteiger partial charge on any atom is 0.240 e. The normalized spacial score (nSPS) is 20.1. The first-order chi connectivity index (χ1) is 9.28. The van der Waals surface area contributed by atoms with Crippen molar-refractivity contribution in [1.29, 1.82) is 0 Å². The molecule has 1 unspecified atom stereocenters. The maximum absolute atomic E-state index is 5.30. The highest BCUT2D eigenvalue weighted by Gasteiger charge is 2.16. The first kappa shape index (κ1) is 14.5. The summed E-state index contributed by atoms with van der Waals surface area (Å²) in [7, 11) is 2.12. The summed E-state index contributed by atoms with van der Waals surface area (Å²) >= 11 is 0. The largest absolute Gasteiger partial charge is 0.338 e. The third-order valence-electron chi connectivity index (χ3n) is 3.61. The Bertz CT molecular complexity index is 360. The van der Waals surface area contributed by atoms with E-state index in [-0.39, 0.29) is 0 Å². The van der Waals surface area contributed by atoms with Crippen molar-refractivity contribution in [2.24, 2.45) is 0 Å². The minimum absolute atomic E-state index is 0.612. The molecule has 1 aromatic heterocycles. The van der Waals surface area contributed by atoms with Gasteiger partial charge in [-0.15, -0.1) is 0 Å². The van der Waals surface area contributed by atoms with Crippen LogP contribution in [-0.2, 0) is 13.0 Å². The fourth-order valence-electron chi connectivity index (χ4n) is 2.54. The summed E-state index contributed by atoms with van der Waals surface area (Å²) in [5.74, 6) is 1.59. The maximum atomic E-state index is 5.30. The summed E-state index contributed by atoms with van der Waals surface area (Å²) in [5, 5.41) is 7.59. The predicted molar refractivity (Wildman–Crippen MR) is 74.9 cm³/mol.